The first-order valence-corrected chi connectivity index (χ1v) is 6.72. The van der Waals surface area contributed by atoms with Crippen molar-refractivity contribution < 1.29 is 4.92 Å². The second kappa shape index (κ2) is 6.31. The largest absolute Gasteiger partial charge is 0.379 e. The van der Waals surface area contributed by atoms with E-state index in [0.717, 1.165) is 5.56 Å². The summed E-state index contributed by atoms with van der Waals surface area (Å²) in [5.74, 6) is 0. The molecule has 0 fully saturated rings. The smallest absolute Gasteiger partial charge is 0.269 e. The minimum absolute atomic E-state index is 0.0394. The van der Waals surface area contributed by atoms with Crippen LogP contribution in [0.3, 0.4) is 0 Å². The molecule has 20 heavy (non-hydrogen) atoms. The molecule has 4 nitrogen and oxygen atoms in total. The van der Waals surface area contributed by atoms with Crippen molar-refractivity contribution in [1.82, 2.24) is 0 Å². The molecule has 0 aromatic heterocycles. The van der Waals surface area contributed by atoms with Crippen molar-refractivity contribution in [3.8, 4) is 0 Å². The number of non-ortho nitro benzene ring substituents is 1. The number of rotatable bonds is 4. The predicted molar refractivity (Wildman–Crippen MR) is 81.9 cm³/mol. The van der Waals surface area contributed by atoms with Crippen LogP contribution in [0.25, 0.3) is 0 Å². The van der Waals surface area contributed by atoms with Crippen LogP contribution in [-0.2, 0) is 6.54 Å². The zero-order valence-electron chi connectivity index (χ0n) is 10.1. The van der Waals surface area contributed by atoms with Crippen molar-refractivity contribution in [2.45, 2.75) is 6.54 Å². The van der Waals surface area contributed by atoms with Crippen LogP contribution in [0.4, 0.5) is 11.4 Å². The Labute approximate surface area is 130 Å². The second-order valence-electron chi connectivity index (χ2n) is 4.02. The van der Waals surface area contributed by atoms with E-state index < -0.39 is 4.92 Å². The molecule has 0 atom stereocenters. The highest BCUT2D eigenvalue weighted by Gasteiger charge is 2.09. The van der Waals surface area contributed by atoms with Crippen molar-refractivity contribution in [2.24, 2.45) is 0 Å². The second-order valence-corrected chi connectivity index (χ2v) is 5.28. The van der Waals surface area contributed by atoms with Crippen molar-refractivity contribution in [1.29, 1.82) is 0 Å². The average molecular weight is 332 g/mol. The number of nitro groups is 1. The van der Waals surface area contributed by atoms with Crippen LogP contribution >= 0.6 is 34.8 Å². The lowest BCUT2D eigenvalue weighted by Crippen LogP contribution is -2.01. The van der Waals surface area contributed by atoms with E-state index in [1.54, 1.807) is 24.3 Å². The van der Waals surface area contributed by atoms with E-state index in [-0.39, 0.29) is 5.69 Å². The van der Waals surface area contributed by atoms with Crippen molar-refractivity contribution >= 4 is 46.2 Å². The molecule has 0 saturated carbocycles. The quantitative estimate of drug-likeness (QED) is 0.621. The highest BCUT2D eigenvalue weighted by molar-refractivity contribution is 6.41. The van der Waals surface area contributed by atoms with Gasteiger partial charge in [-0.3, -0.25) is 10.1 Å². The van der Waals surface area contributed by atoms with Gasteiger partial charge in [0.1, 0.15) is 0 Å². The third kappa shape index (κ3) is 3.54. The molecule has 0 aliphatic carbocycles. The minimum atomic E-state index is -0.439. The van der Waals surface area contributed by atoms with Crippen LogP contribution in [0.2, 0.25) is 15.1 Å². The molecule has 1 N–H and O–H groups in total. The van der Waals surface area contributed by atoms with Crippen LogP contribution < -0.4 is 5.32 Å². The number of hydrogen-bond donors (Lipinski definition) is 1. The molecule has 0 bridgehead atoms. The van der Waals surface area contributed by atoms with Crippen LogP contribution in [0, 0.1) is 10.1 Å². The first kappa shape index (κ1) is 14.9. The summed E-state index contributed by atoms with van der Waals surface area (Å²) >= 11 is 17.9. The van der Waals surface area contributed by atoms with Crippen molar-refractivity contribution in [2.75, 3.05) is 5.32 Å². The minimum Gasteiger partial charge on any atom is -0.379 e. The summed E-state index contributed by atoms with van der Waals surface area (Å²) < 4.78 is 0. The Morgan fingerprint density at radius 2 is 1.75 bits per heavy atom. The van der Waals surface area contributed by atoms with E-state index in [4.69, 9.17) is 34.8 Å². The number of nitrogens with zero attached hydrogens (tertiary/aromatic N) is 1. The molecule has 0 aliphatic heterocycles. The number of hydrogen-bond acceptors (Lipinski definition) is 3. The van der Waals surface area contributed by atoms with Gasteiger partial charge in [0.15, 0.2) is 0 Å². The lowest BCUT2D eigenvalue weighted by Gasteiger charge is -2.11. The number of nitro benzene ring substituents is 1. The summed E-state index contributed by atoms with van der Waals surface area (Å²) in [6.45, 7) is 0.364. The van der Waals surface area contributed by atoms with Gasteiger partial charge in [-0.05, 0) is 17.7 Å². The number of nitrogens with one attached hydrogen (secondary N) is 1. The van der Waals surface area contributed by atoms with Gasteiger partial charge < -0.3 is 5.32 Å². The lowest BCUT2D eigenvalue weighted by atomic mass is 10.2. The molecule has 2 aromatic rings. The number of benzene rings is 2. The van der Waals surface area contributed by atoms with Gasteiger partial charge in [-0.1, -0.05) is 46.9 Å². The molecule has 0 unspecified atom stereocenters. The summed E-state index contributed by atoms with van der Waals surface area (Å²) in [7, 11) is 0. The lowest BCUT2D eigenvalue weighted by molar-refractivity contribution is -0.384. The Morgan fingerprint density at radius 1 is 1.10 bits per heavy atom. The van der Waals surface area contributed by atoms with E-state index in [2.05, 4.69) is 5.32 Å². The molecule has 0 radical (unpaired) electrons. The Kier molecular flexibility index (Phi) is 4.70. The molecule has 104 valence electrons. The zero-order chi connectivity index (χ0) is 14.7. The first-order chi connectivity index (χ1) is 9.47. The summed E-state index contributed by atoms with van der Waals surface area (Å²) in [6, 6.07) is 9.48. The van der Waals surface area contributed by atoms with Crippen LogP contribution in [0.1, 0.15) is 5.56 Å². The van der Waals surface area contributed by atoms with Gasteiger partial charge in [0.25, 0.3) is 5.69 Å². The summed E-state index contributed by atoms with van der Waals surface area (Å²) in [5, 5.41) is 15.0. The summed E-state index contributed by atoms with van der Waals surface area (Å²) in [5.41, 5.74) is 1.34. The van der Waals surface area contributed by atoms with E-state index in [1.165, 1.54) is 12.1 Å². The fourth-order valence-electron chi connectivity index (χ4n) is 1.68. The molecule has 2 aromatic carbocycles. The van der Waals surface area contributed by atoms with Gasteiger partial charge in [0, 0.05) is 23.7 Å². The van der Waals surface area contributed by atoms with E-state index in [0.29, 0.717) is 27.3 Å². The summed E-state index contributed by atoms with van der Waals surface area (Å²) in [4.78, 5) is 10.3. The van der Waals surface area contributed by atoms with Gasteiger partial charge in [0.2, 0.25) is 0 Å². The average Bonchev–Trinajstić information content (AvgIpc) is 2.37. The molecule has 0 saturated heterocycles. The highest BCUT2D eigenvalue weighted by atomic mass is 35.5. The van der Waals surface area contributed by atoms with E-state index in [1.807, 2.05) is 0 Å². The van der Waals surface area contributed by atoms with E-state index in [9.17, 15) is 10.1 Å². The first-order valence-electron chi connectivity index (χ1n) is 5.59. The van der Waals surface area contributed by atoms with Gasteiger partial charge in [-0.25, -0.2) is 0 Å². The third-order valence-corrected chi connectivity index (χ3v) is 3.41. The number of halogens is 3. The molecule has 7 heteroatoms. The molecule has 0 amide bonds. The van der Waals surface area contributed by atoms with Crippen molar-refractivity contribution in [3.05, 3.63) is 67.1 Å². The van der Waals surface area contributed by atoms with Crippen molar-refractivity contribution in [3.63, 3.8) is 0 Å². The zero-order valence-corrected chi connectivity index (χ0v) is 12.3. The highest BCUT2D eigenvalue weighted by Crippen LogP contribution is 2.34. The fourth-order valence-corrected chi connectivity index (χ4v) is 2.63. The molecular formula is C13H9Cl3N2O2. The van der Waals surface area contributed by atoms with Crippen LogP contribution in [0.15, 0.2) is 36.4 Å². The van der Waals surface area contributed by atoms with Gasteiger partial charge in [0.05, 0.1) is 20.7 Å². The predicted octanol–water partition coefficient (Wildman–Crippen LogP) is 5.17. The monoisotopic (exact) mass is 330 g/mol. The Morgan fingerprint density at radius 3 is 2.35 bits per heavy atom. The van der Waals surface area contributed by atoms with E-state index >= 15 is 0 Å². The maximum Gasteiger partial charge on any atom is 0.269 e. The van der Waals surface area contributed by atoms with Gasteiger partial charge >= 0.3 is 0 Å². The maximum absolute atomic E-state index is 10.7. The number of anilines is 1. The maximum atomic E-state index is 10.7. The van der Waals surface area contributed by atoms with Gasteiger partial charge in [-0.2, -0.15) is 0 Å². The molecule has 0 aliphatic rings. The summed E-state index contributed by atoms with van der Waals surface area (Å²) in [6.07, 6.45) is 0. The van der Waals surface area contributed by atoms with Gasteiger partial charge in [-0.15, -0.1) is 0 Å². The normalized spacial score (nSPS) is 10.3. The Balaban J connectivity index is 2.17. The molecule has 0 heterocycles. The topological polar surface area (TPSA) is 55.2 Å². The SMILES string of the molecule is O=[N+]([O-])c1cccc(CNc2c(Cl)cc(Cl)cc2Cl)c1. The standard InChI is InChI=1S/C13H9Cl3N2O2/c14-9-5-11(15)13(12(16)6-9)17-7-8-2-1-3-10(4-8)18(19)20/h1-6,17H,7H2. The molecular weight excluding hydrogens is 323 g/mol. The Bertz CT molecular complexity index is 639. The molecule has 2 rings (SSSR count). The Hall–Kier alpha value is -1.49. The van der Waals surface area contributed by atoms with Crippen LogP contribution in [-0.4, -0.2) is 4.92 Å². The molecule has 0 spiro atoms. The third-order valence-electron chi connectivity index (χ3n) is 2.60. The van der Waals surface area contributed by atoms with Crippen LogP contribution in [0.5, 0.6) is 0 Å². The fraction of sp³-hybridized carbons (Fsp3) is 0.0769.